The molecular formula is C29H26N2O3S. The van der Waals surface area contributed by atoms with Gasteiger partial charge in [-0.3, -0.25) is 14.5 Å². The number of carbonyl (C=O) groups excluding carboxylic acids is 2. The Kier molecular flexibility index (Phi) is 5.77. The van der Waals surface area contributed by atoms with E-state index in [-0.39, 0.29) is 11.3 Å². The molecule has 1 atom stereocenters. The van der Waals surface area contributed by atoms with Gasteiger partial charge in [0.1, 0.15) is 5.76 Å². The van der Waals surface area contributed by atoms with Crippen molar-refractivity contribution in [2.45, 2.75) is 40.2 Å². The van der Waals surface area contributed by atoms with Gasteiger partial charge in [-0.05, 0) is 62.1 Å². The van der Waals surface area contributed by atoms with Crippen LogP contribution in [0.1, 0.15) is 46.3 Å². The summed E-state index contributed by atoms with van der Waals surface area (Å²) in [5, 5.41) is 11.9. The molecule has 1 aliphatic heterocycles. The fourth-order valence-corrected chi connectivity index (χ4v) is 5.66. The van der Waals surface area contributed by atoms with Crippen LogP contribution in [0.25, 0.3) is 16.0 Å². The van der Waals surface area contributed by atoms with Crippen LogP contribution in [-0.4, -0.2) is 21.8 Å². The van der Waals surface area contributed by atoms with E-state index < -0.39 is 17.7 Å². The molecule has 0 spiro atoms. The highest BCUT2D eigenvalue weighted by molar-refractivity contribution is 7.22. The molecule has 1 aliphatic rings. The molecule has 1 aromatic heterocycles. The zero-order valence-electron chi connectivity index (χ0n) is 20.1. The van der Waals surface area contributed by atoms with Crippen molar-refractivity contribution in [1.82, 2.24) is 4.98 Å². The van der Waals surface area contributed by atoms with Gasteiger partial charge >= 0.3 is 5.91 Å². The van der Waals surface area contributed by atoms with E-state index in [4.69, 9.17) is 4.98 Å². The SMILES string of the molecule is CCc1ccc2nc(N3C(=O)C(=O)/C(=C(/O)c4cc(C)ccc4C)C3c3cccc(C)c3)sc2c1. The highest BCUT2D eigenvalue weighted by atomic mass is 32.1. The predicted octanol–water partition coefficient (Wildman–Crippen LogP) is 6.41. The largest absolute Gasteiger partial charge is 0.507 e. The Hall–Kier alpha value is -3.77. The number of aliphatic hydroxyl groups excluding tert-OH is 1. The third-order valence-corrected chi connectivity index (χ3v) is 7.52. The summed E-state index contributed by atoms with van der Waals surface area (Å²) in [6, 6.07) is 18.7. The molecule has 0 aliphatic carbocycles. The fourth-order valence-electron chi connectivity index (χ4n) is 4.60. The number of aryl methyl sites for hydroxylation is 4. The summed E-state index contributed by atoms with van der Waals surface area (Å²) >= 11 is 1.39. The van der Waals surface area contributed by atoms with E-state index in [0.717, 1.165) is 38.9 Å². The Bertz CT molecular complexity index is 1530. The van der Waals surface area contributed by atoms with Crippen molar-refractivity contribution in [3.8, 4) is 0 Å². The van der Waals surface area contributed by atoms with Gasteiger partial charge in [-0.15, -0.1) is 0 Å². The van der Waals surface area contributed by atoms with Crippen molar-refractivity contribution in [3.05, 3.63) is 99.6 Å². The van der Waals surface area contributed by atoms with Crippen molar-refractivity contribution < 1.29 is 14.7 Å². The molecular weight excluding hydrogens is 456 g/mol. The van der Waals surface area contributed by atoms with Gasteiger partial charge in [-0.1, -0.05) is 71.9 Å². The Morgan fingerprint density at radius 1 is 1.00 bits per heavy atom. The summed E-state index contributed by atoms with van der Waals surface area (Å²) in [5.74, 6) is -1.55. The van der Waals surface area contributed by atoms with Crippen LogP contribution in [0, 0.1) is 20.8 Å². The topological polar surface area (TPSA) is 70.5 Å². The van der Waals surface area contributed by atoms with Crippen LogP contribution in [0.15, 0.2) is 66.2 Å². The standard InChI is InChI=1S/C29H26N2O3S/c1-5-19-11-12-22-23(15-19)35-29(30-22)31-25(20-8-6-7-16(2)13-20)24(27(33)28(31)34)26(32)21-14-17(3)9-10-18(21)4/h6-15,25,32H,5H2,1-4H3/b26-24+. The summed E-state index contributed by atoms with van der Waals surface area (Å²) in [6.45, 7) is 7.86. The molecule has 1 amide bonds. The first-order chi connectivity index (χ1) is 16.8. The molecule has 0 radical (unpaired) electrons. The molecule has 3 aromatic carbocycles. The van der Waals surface area contributed by atoms with Gasteiger partial charge in [0, 0.05) is 5.56 Å². The maximum atomic E-state index is 13.5. The molecule has 4 aromatic rings. The zero-order chi connectivity index (χ0) is 24.9. The Morgan fingerprint density at radius 3 is 2.51 bits per heavy atom. The zero-order valence-corrected chi connectivity index (χ0v) is 20.9. The first kappa shape index (κ1) is 23.0. The summed E-state index contributed by atoms with van der Waals surface area (Å²) in [5.41, 5.74) is 6.13. The lowest BCUT2D eigenvalue weighted by atomic mass is 9.93. The monoisotopic (exact) mass is 482 g/mol. The third kappa shape index (κ3) is 3.94. The van der Waals surface area contributed by atoms with Crippen LogP contribution < -0.4 is 4.90 Å². The first-order valence-electron chi connectivity index (χ1n) is 11.6. The van der Waals surface area contributed by atoms with Gasteiger partial charge in [0.05, 0.1) is 21.8 Å². The summed E-state index contributed by atoms with van der Waals surface area (Å²) in [4.78, 5) is 33.1. The molecule has 0 saturated carbocycles. The van der Waals surface area contributed by atoms with E-state index >= 15 is 0 Å². The Balaban J connectivity index is 1.75. The van der Waals surface area contributed by atoms with Crippen molar-refractivity contribution >= 4 is 44.1 Å². The van der Waals surface area contributed by atoms with Crippen molar-refractivity contribution in [2.24, 2.45) is 0 Å². The van der Waals surface area contributed by atoms with Crippen LogP contribution in [-0.2, 0) is 16.0 Å². The molecule has 5 rings (SSSR count). The minimum Gasteiger partial charge on any atom is -0.507 e. The molecule has 2 heterocycles. The van der Waals surface area contributed by atoms with Gasteiger partial charge in [0.25, 0.3) is 5.78 Å². The average Bonchev–Trinajstić information content (AvgIpc) is 3.37. The van der Waals surface area contributed by atoms with Gasteiger partial charge in [0.2, 0.25) is 0 Å². The van der Waals surface area contributed by atoms with Crippen LogP contribution in [0.5, 0.6) is 0 Å². The minimum atomic E-state index is -0.777. The van der Waals surface area contributed by atoms with Gasteiger partial charge in [-0.25, -0.2) is 4.98 Å². The summed E-state index contributed by atoms with van der Waals surface area (Å²) < 4.78 is 0.957. The second kappa shape index (κ2) is 8.78. The second-order valence-corrected chi connectivity index (χ2v) is 10.1. The first-order valence-corrected chi connectivity index (χ1v) is 12.4. The lowest BCUT2D eigenvalue weighted by Crippen LogP contribution is -2.29. The molecule has 1 saturated heterocycles. The number of fused-ring (bicyclic) bond motifs is 1. The number of aliphatic hydroxyl groups is 1. The smallest absolute Gasteiger partial charge is 0.301 e. The molecule has 1 unspecified atom stereocenters. The number of Topliss-reactive ketones (excluding diaryl/α,β-unsaturated/α-hetero) is 1. The lowest BCUT2D eigenvalue weighted by Gasteiger charge is -2.23. The van der Waals surface area contributed by atoms with Crippen LogP contribution in [0.2, 0.25) is 0 Å². The van der Waals surface area contributed by atoms with E-state index in [0.29, 0.717) is 10.7 Å². The third-order valence-electron chi connectivity index (χ3n) is 6.51. The number of hydrogen-bond acceptors (Lipinski definition) is 5. The Labute approximate surface area is 208 Å². The molecule has 1 fully saturated rings. The average molecular weight is 483 g/mol. The van der Waals surface area contributed by atoms with Crippen LogP contribution in [0.4, 0.5) is 5.13 Å². The number of carbonyl (C=O) groups is 2. The van der Waals surface area contributed by atoms with Crippen molar-refractivity contribution in [1.29, 1.82) is 0 Å². The highest BCUT2D eigenvalue weighted by Gasteiger charge is 2.48. The molecule has 0 bridgehead atoms. The Morgan fingerprint density at radius 2 is 1.77 bits per heavy atom. The van der Waals surface area contributed by atoms with Crippen LogP contribution in [0.3, 0.4) is 0 Å². The van der Waals surface area contributed by atoms with E-state index in [1.807, 2.05) is 75.4 Å². The second-order valence-electron chi connectivity index (χ2n) is 9.05. The van der Waals surface area contributed by atoms with Gasteiger partial charge < -0.3 is 5.11 Å². The molecule has 35 heavy (non-hydrogen) atoms. The number of anilines is 1. The van der Waals surface area contributed by atoms with Crippen LogP contribution >= 0.6 is 11.3 Å². The lowest BCUT2D eigenvalue weighted by molar-refractivity contribution is -0.132. The quantitative estimate of drug-likeness (QED) is 0.207. The van der Waals surface area contributed by atoms with Crippen molar-refractivity contribution in [3.63, 3.8) is 0 Å². The van der Waals surface area contributed by atoms with Gasteiger partial charge in [0.15, 0.2) is 5.13 Å². The molecule has 6 heteroatoms. The van der Waals surface area contributed by atoms with Crippen molar-refractivity contribution in [2.75, 3.05) is 4.90 Å². The number of hydrogen-bond donors (Lipinski definition) is 1. The molecule has 176 valence electrons. The number of ketones is 1. The maximum Gasteiger partial charge on any atom is 0.301 e. The molecule has 5 nitrogen and oxygen atoms in total. The number of thiazole rings is 1. The normalized spacial score (nSPS) is 17.5. The summed E-state index contributed by atoms with van der Waals surface area (Å²) in [7, 11) is 0. The predicted molar refractivity (Wildman–Crippen MR) is 141 cm³/mol. The van der Waals surface area contributed by atoms with E-state index in [9.17, 15) is 14.7 Å². The number of rotatable bonds is 4. The van der Waals surface area contributed by atoms with E-state index in [2.05, 4.69) is 13.0 Å². The minimum absolute atomic E-state index is 0.0859. The molecule has 1 N–H and O–H groups in total. The summed E-state index contributed by atoms with van der Waals surface area (Å²) in [6.07, 6.45) is 0.896. The number of aromatic nitrogens is 1. The maximum absolute atomic E-state index is 13.5. The highest BCUT2D eigenvalue weighted by Crippen LogP contribution is 2.44. The number of amides is 1. The number of nitrogens with zero attached hydrogens (tertiary/aromatic N) is 2. The van der Waals surface area contributed by atoms with E-state index in [1.165, 1.54) is 21.8 Å². The van der Waals surface area contributed by atoms with E-state index in [1.54, 1.807) is 0 Å². The fraction of sp³-hybridized carbons (Fsp3) is 0.207. The number of benzene rings is 3. The van der Waals surface area contributed by atoms with Gasteiger partial charge in [-0.2, -0.15) is 0 Å².